The molecule has 0 aromatic heterocycles. The van der Waals surface area contributed by atoms with Crippen LogP contribution in [-0.4, -0.2) is 28.6 Å². The minimum atomic E-state index is -1.55. The van der Waals surface area contributed by atoms with E-state index < -0.39 is 28.8 Å². The van der Waals surface area contributed by atoms with Crippen molar-refractivity contribution in [1.29, 1.82) is 0 Å². The van der Waals surface area contributed by atoms with Gasteiger partial charge in [-0.2, -0.15) is 0 Å². The number of carbonyl (C=O) groups is 2. The topological polar surface area (TPSA) is 83.6 Å². The Morgan fingerprint density at radius 3 is 2.35 bits per heavy atom. The Bertz CT molecular complexity index is 636. The first-order chi connectivity index (χ1) is 10.8. The van der Waals surface area contributed by atoms with E-state index in [4.69, 9.17) is 5.73 Å². The number of anilines is 1. The largest absolute Gasteiger partial charge is 0.386 e. The summed E-state index contributed by atoms with van der Waals surface area (Å²) in [7, 11) is 0. The molecule has 2 amide bonds. The normalized spacial score (nSPS) is 30.0. The number of nitrogens with zero attached hydrogens (tertiary/aromatic N) is 1. The van der Waals surface area contributed by atoms with Crippen molar-refractivity contribution in [2.75, 3.05) is 4.90 Å². The van der Waals surface area contributed by atoms with E-state index in [1.54, 1.807) is 0 Å². The van der Waals surface area contributed by atoms with E-state index in [1.165, 1.54) is 36.1 Å². The Kier molecular flexibility index (Phi) is 3.67. The average Bonchev–Trinajstić information content (AvgIpc) is 2.67. The lowest BCUT2D eigenvalue weighted by Crippen LogP contribution is -2.56. The number of aliphatic hydroxyl groups is 1. The summed E-state index contributed by atoms with van der Waals surface area (Å²) in [6.07, 6.45) is 3.71. The van der Waals surface area contributed by atoms with Crippen LogP contribution in [0.4, 0.5) is 10.1 Å². The number of carbonyl (C=O) groups excluding carboxylic acids is 2. The highest BCUT2D eigenvalue weighted by Crippen LogP contribution is 2.54. The van der Waals surface area contributed by atoms with Gasteiger partial charge in [-0.3, -0.25) is 14.5 Å². The molecule has 3 rings (SSSR count). The molecular weight excluding hydrogens is 299 g/mol. The van der Waals surface area contributed by atoms with Crippen molar-refractivity contribution >= 4 is 17.5 Å². The molecule has 1 saturated carbocycles. The third kappa shape index (κ3) is 2.16. The van der Waals surface area contributed by atoms with E-state index >= 15 is 0 Å². The summed E-state index contributed by atoms with van der Waals surface area (Å²) in [6, 6.07) is 4.16. The first-order valence-corrected chi connectivity index (χ1v) is 7.92. The first kappa shape index (κ1) is 15.9. The maximum Gasteiger partial charge on any atom is 0.243 e. The van der Waals surface area contributed by atoms with Gasteiger partial charge in [0, 0.05) is 5.69 Å². The molecule has 1 aromatic carbocycles. The molecule has 1 aliphatic carbocycles. The zero-order valence-corrected chi connectivity index (χ0v) is 13.1. The van der Waals surface area contributed by atoms with Gasteiger partial charge in [0.2, 0.25) is 11.8 Å². The molecule has 3 N–H and O–H groups in total. The number of rotatable bonds is 2. The van der Waals surface area contributed by atoms with Crippen LogP contribution in [0.15, 0.2) is 24.3 Å². The second kappa shape index (κ2) is 5.30. The van der Waals surface area contributed by atoms with Gasteiger partial charge in [0.1, 0.15) is 17.5 Å². The monoisotopic (exact) mass is 320 g/mol. The summed E-state index contributed by atoms with van der Waals surface area (Å²) in [6.45, 7) is 1.52. The van der Waals surface area contributed by atoms with Crippen LogP contribution in [0, 0.1) is 11.2 Å². The molecule has 2 aliphatic rings. The van der Waals surface area contributed by atoms with Gasteiger partial charge >= 0.3 is 0 Å². The van der Waals surface area contributed by atoms with E-state index in [0.29, 0.717) is 18.5 Å². The number of hydrogen-bond donors (Lipinski definition) is 2. The summed E-state index contributed by atoms with van der Waals surface area (Å²) in [5.74, 6) is -1.48. The van der Waals surface area contributed by atoms with Crippen LogP contribution in [0.3, 0.4) is 0 Å². The summed E-state index contributed by atoms with van der Waals surface area (Å²) in [5.41, 5.74) is 3.34. The predicted octanol–water partition coefficient (Wildman–Crippen LogP) is 1.73. The van der Waals surface area contributed by atoms with Crippen LogP contribution in [-0.2, 0) is 9.59 Å². The standard InChI is InChI=1S/C17H21FN2O3/c1-16(23)13(14(19)21)20(12-7-5-11(18)6-8-12)15(22)17(16)9-3-2-4-10-17/h5-8,13,23H,2-4,9-10H2,1H3,(H2,19,21). The van der Waals surface area contributed by atoms with Crippen molar-refractivity contribution in [2.45, 2.75) is 50.7 Å². The van der Waals surface area contributed by atoms with Crippen LogP contribution in [0.5, 0.6) is 0 Å². The van der Waals surface area contributed by atoms with Gasteiger partial charge in [0.15, 0.2) is 0 Å². The van der Waals surface area contributed by atoms with E-state index in [1.807, 2.05) is 0 Å². The second-order valence-electron chi connectivity index (χ2n) is 6.75. The number of amides is 2. The molecule has 124 valence electrons. The van der Waals surface area contributed by atoms with Crippen molar-refractivity contribution in [2.24, 2.45) is 11.1 Å². The second-order valence-corrected chi connectivity index (χ2v) is 6.75. The lowest BCUT2D eigenvalue weighted by molar-refractivity contribution is -0.142. The Morgan fingerprint density at radius 2 is 1.83 bits per heavy atom. The van der Waals surface area contributed by atoms with Gasteiger partial charge in [-0.1, -0.05) is 19.3 Å². The van der Waals surface area contributed by atoms with E-state index in [2.05, 4.69) is 0 Å². The highest BCUT2D eigenvalue weighted by atomic mass is 19.1. The van der Waals surface area contributed by atoms with Crippen LogP contribution in [0.2, 0.25) is 0 Å². The summed E-state index contributed by atoms with van der Waals surface area (Å²) in [4.78, 5) is 26.5. The zero-order chi connectivity index (χ0) is 16.8. The maximum atomic E-state index is 13.2. The quantitative estimate of drug-likeness (QED) is 0.870. The van der Waals surface area contributed by atoms with Gasteiger partial charge in [-0.15, -0.1) is 0 Å². The molecule has 1 saturated heterocycles. The molecule has 1 spiro atoms. The highest BCUT2D eigenvalue weighted by Gasteiger charge is 2.67. The third-order valence-corrected chi connectivity index (χ3v) is 5.47. The number of benzene rings is 1. The van der Waals surface area contributed by atoms with Crippen LogP contribution < -0.4 is 10.6 Å². The fourth-order valence-electron chi connectivity index (χ4n) is 4.23. The Labute approximate surface area is 134 Å². The minimum Gasteiger partial charge on any atom is -0.386 e. The number of primary amides is 1. The van der Waals surface area contributed by atoms with E-state index in [-0.39, 0.29) is 5.91 Å². The maximum absolute atomic E-state index is 13.2. The minimum absolute atomic E-state index is 0.294. The molecule has 2 unspecified atom stereocenters. The Hall–Kier alpha value is -1.95. The average molecular weight is 320 g/mol. The molecule has 1 aromatic rings. The molecule has 23 heavy (non-hydrogen) atoms. The van der Waals surface area contributed by atoms with Crippen molar-refractivity contribution in [3.05, 3.63) is 30.1 Å². The molecular formula is C17H21FN2O3. The number of nitrogens with two attached hydrogens (primary N) is 1. The van der Waals surface area contributed by atoms with Crippen LogP contribution in [0.1, 0.15) is 39.0 Å². The molecule has 1 heterocycles. The Morgan fingerprint density at radius 1 is 1.26 bits per heavy atom. The predicted molar refractivity (Wildman–Crippen MR) is 83.0 cm³/mol. The highest BCUT2D eigenvalue weighted by molar-refractivity contribution is 6.08. The number of halogens is 1. The van der Waals surface area contributed by atoms with E-state index in [0.717, 1.165) is 19.3 Å². The molecule has 2 fully saturated rings. The van der Waals surface area contributed by atoms with Crippen molar-refractivity contribution in [3.8, 4) is 0 Å². The van der Waals surface area contributed by atoms with Gasteiger partial charge in [-0.25, -0.2) is 4.39 Å². The smallest absolute Gasteiger partial charge is 0.243 e. The van der Waals surface area contributed by atoms with E-state index in [9.17, 15) is 19.1 Å². The molecule has 0 bridgehead atoms. The fraction of sp³-hybridized carbons (Fsp3) is 0.529. The molecule has 0 radical (unpaired) electrons. The SMILES string of the molecule is CC1(O)C(C(N)=O)N(c2ccc(F)cc2)C(=O)C12CCCCC2. The Balaban J connectivity index is 2.12. The molecule has 6 heteroatoms. The summed E-state index contributed by atoms with van der Waals surface area (Å²) < 4.78 is 13.2. The van der Waals surface area contributed by atoms with Gasteiger partial charge < -0.3 is 10.8 Å². The van der Waals surface area contributed by atoms with Crippen molar-refractivity contribution in [1.82, 2.24) is 0 Å². The zero-order valence-electron chi connectivity index (χ0n) is 13.1. The van der Waals surface area contributed by atoms with Crippen molar-refractivity contribution < 1.29 is 19.1 Å². The third-order valence-electron chi connectivity index (χ3n) is 5.47. The van der Waals surface area contributed by atoms with Gasteiger partial charge in [0.25, 0.3) is 0 Å². The van der Waals surface area contributed by atoms with Crippen LogP contribution >= 0.6 is 0 Å². The fourth-order valence-corrected chi connectivity index (χ4v) is 4.23. The molecule has 1 aliphatic heterocycles. The van der Waals surface area contributed by atoms with Gasteiger partial charge in [-0.05, 0) is 44.0 Å². The first-order valence-electron chi connectivity index (χ1n) is 7.92. The van der Waals surface area contributed by atoms with Crippen LogP contribution in [0.25, 0.3) is 0 Å². The number of hydrogen-bond acceptors (Lipinski definition) is 3. The summed E-state index contributed by atoms with van der Waals surface area (Å²) in [5, 5.41) is 11.1. The lowest BCUT2D eigenvalue weighted by Gasteiger charge is -2.41. The molecule has 2 atom stereocenters. The lowest BCUT2D eigenvalue weighted by atomic mass is 9.63. The summed E-state index contributed by atoms with van der Waals surface area (Å²) >= 11 is 0. The van der Waals surface area contributed by atoms with Crippen molar-refractivity contribution in [3.63, 3.8) is 0 Å². The van der Waals surface area contributed by atoms with Gasteiger partial charge in [0.05, 0.1) is 5.41 Å². The molecule has 5 nitrogen and oxygen atoms in total.